The lowest BCUT2D eigenvalue weighted by molar-refractivity contribution is -0.137. The third-order valence-electron chi connectivity index (χ3n) is 4.87. The van der Waals surface area contributed by atoms with Crippen LogP contribution in [0, 0.1) is 0 Å². The molecule has 3 nitrogen and oxygen atoms in total. The zero-order valence-corrected chi connectivity index (χ0v) is 16.2. The molecule has 2 N–H and O–H groups in total. The predicted molar refractivity (Wildman–Crippen MR) is 112 cm³/mol. The number of hydrogen-bond donors (Lipinski definition) is 2. The maximum atomic E-state index is 12.8. The molecule has 0 fully saturated rings. The Labute approximate surface area is 172 Å². The van der Waals surface area contributed by atoms with Crippen LogP contribution in [0.1, 0.15) is 16.7 Å². The molecule has 4 aromatic rings. The van der Waals surface area contributed by atoms with Gasteiger partial charge in [-0.25, -0.2) is 0 Å². The quantitative estimate of drug-likeness (QED) is 0.350. The molecule has 0 atom stereocenters. The van der Waals surface area contributed by atoms with Crippen molar-refractivity contribution in [3.63, 3.8) is 0 Å². The second-order valence-corrected chi connectivity index (χ2v) is 7.06. The molecule has 4 rings (SSSR count). The fourth-order valence-electron chi connectivity index (χ4n) is 3.37. The molecule has 154 valence electrons. The van der Waals surface area contributed by atoms with Crippen molar-refractivity contribution >= 4 is 10.9 Å². The topological polar surface area (TPSA) is 37.0 Å². The van der Waals surface area contributed by atoms with Crippen LogP contribution in [0.25, 0.3) is 10.9 Å². The number of rotatable bonds is 7. The first-order valence-electron chi connectivity index (χ1n) is 9.69. The van der Waals surface area contributed by atoms with Crippen LogP contribution in [0.5, 0.6) is 11.5 Å². The molecule has 3 aromatic carbocycles. The van der Waals surface area contributed by atoms with Gasteiger partial charge in [0.05, 0.1) is 5.56 Å². The van der Waals surface area contributed by atoms with Gasteiger partial charge in [-0.05, 0) is 60.5 Å². The lowest BCUT2D eigenvalue weighted by atomic mass is 10.1. The van der Waals surface area contributed by atoms with Crippen molar-refractivity contribution in [2.24, 2.45) is 0 Å². The lowest BCUT2D eigenvalue weighted by Crippen LogP contribution is -2.16. The summed E-state index contributed by atoms with van der Waals surface area (Å²) < 4.78 is 44.4. The van der Waals surface area contributed by atoms with E-state index in [9.17, 15) is 13.2 Å². The van der Waals surface area contributed by atoms with Gasteiger partial charge in [0.1, 0.15) is 11.5 Å². The molecule has 0 spiro atoms. The first kappa shape index (κ1) is 20.0. The summed E-state index contributed by atoms with van der Waals surface area (Å²) in [6.45, 7) is 1.38. The van der Waals surface area contributed by atoms with Crippen LogP contribution in [0.3, 0.4) is 0 Å². The molecule has 6 heteroatoms. The van der Waals surface area contributed by atoms with Gasteiger partial charge in [0.25, 0.3) is 0 Å². The number of ether oxygens (including phenoxy) is 1. The van der Waals surface area contributed by atoms with Crippen molar-refractivity contribution < 1.29 is 17.9 Å². The SMILES string of the molecule is FC(F)(F)c1ccc2c(CCNCc3cccc(Oc4ccccc4)c3)c[nH]c2c1. The van der Waals surface area contributed by atoms with E-state index in [4.69, 9.17) is 4.74 Å². The van der Waals surface area contributed by atoms with Gasteiger partial charge in [0.2, 0.25) is 0 Å². The highest BCUT2D eigenvalue weighted by Crippen LogP contribution is 2.32. The molecule has 0 saturated heterocycles. The number of aromatic amines is 1. The molecular weight excluding hydrogens is 389 g/mol. The molecule has 30 heavy (non-hydrogen) atoms. The van der Waals surface area contributed by atoms with Gasteiger partial charge in [-0.1, -0.05) is 36.4 Å². The third kappa shape index (κ3) is 4.83. The summed E-state index contributed by atoms with van der Waals surface area (Å²) in [5.74, 6) is 1.56. The second-order valence-electron chi connectivity index (χ2n) is 7.06. The Morgan fingerprint density at radius 2 is 1.67 bits per heavy atom. The van der Waals surface area contributed by atoms with Gasteiger partial charge in [-0.2, -0.15) is 13.2 Å². The number of para-hydroxylation sites is 1. The Bertz CT molecular complexity index is 1120. The number of aromatic nitrogens is 1. The maximum Gasteiger partial charge on any atom is 0.416 e. The van der Waals surface area contributed by atoms with Crippen molar-refractivity contribution in [3.05, 3.63) is 95.7 Å². The number of benzene rings is 3. The monoisotopic (exact) mass is 410 g/mol. The smallest absolute Gasteiger partial charge is 0.416 e. The van der Waals surface area contributed by atoms with Crippen LogP contribution in [0.15, 0.2) is 79.0 Å². The van der Waals surface area contributed by atoms with Gasteiger partial charge >= 0.3 is 6.18 Å². The van der Waals surface area contributed by atoms with E-state index in [1.807, 2.05) is 54.6 Å². The largest absolute Gasteiger partial charge is 0.457 e. The summed E-state index contributed by atoms with van der Waals surface area (Å²) in [6, 6.07) is 21.3. The molecule has 0 aliphatic carbocycles. The minimum absolute atomic E-state index is 0.505. The van der Waals surface area contributed by atoms with Crippen LogP contribution < -0.4 is 10.1 Å². The summed E-state index contributed by atoms with van der Waals surface area (Å²) in [7, 11) is 0. The predicted octanol–water partition coefficient (Wildman–Crippen LogP) is 6.31. The van der Waals surface area contributed by atoms with Gasteiger partial charge in [0.15, 0.2) is 0 Å². The highest BCUT2D eigenvalue weighted by atomic mass is 19.4. The Kier molecular flexibility index (Phi) is 5.77. The van der Waals surface area contributed by atoms with E-state index in [-0.39, 0.29) is 0 Å². The average Bonchev–Trinajstić information content (AvgIpc) is 3.14. The van der Waals surface area contributed by atoms with Crippen molar-refractivity contribution in [3.8, 4) is 11.5 Å². The van der Waals surface area contributed by atoms with Gasteiger partial charge < -0.3 is 15.0 Å². The van der Waals surface area contributed by atoms with Crippen LogP contribution >= 0.6 is 0 Å². The molecule has 0 unspecified atom stereocenters. The van der Waals surface area contributed by atoms with Gasteiger partial charge in [-0.15, -0.1) is 0 Å². The van der Waals surface area contributed by atoms with Gasteiger partial charge in [0, 0.05) is 23.6 Å². The van der Waals surface area contributed by atoms with Crippen molar-refractivity contribution in [1.82, 2.24) is 10.3 Å². The normalized spacial score (nSPS) is 11.7. The fraction of sp³-hybridized carbons (Fsp3) is 0.167. The molecule has 0 aliphatic heterocycles. The lowest BCUT2D eigenvalue weighted by Gasteiger charge is -2.09. The highest BCUT2D eigenvalue weighted by Gasteiger charge is 2.30. The number of alkyl halides is 3. The molecule has 0 radical (unpaired) electrons. The highest BCUT2D eigenvalue weighted by molar-refractivity contribution is 5.84. The third-order valence-corrected chi connectivity index (χ3v) is 4.87. The first-order chi connectivity index (χ1) is 14.5. The summed E-state index contributed by atoms with van der Waals surface area (Å²) in [5, 5.41) is 4.20. The average molecular weight is 410 g/mol. The van der Waals surface area contributed by atoms with Gasteiger partial charge in [-0.3, -0.25) is 0 Å². The Balaban J connectivity index is 1.33. The fourth-order valence-corrected chi connectivity index (χ4v) is 3.37. The standard InChI is InChI=1S/C24H21F3N2O/c25-24(26,27)19-9-10-22-18(16-29-23(22)14-19)11-12-28-15-17-5-4-8-21(13-17)30-20-6-2-1-3-7-20/h1-10,13-14,16,28-29H,11-12,15H2. The molecule has 0 amide bonds. The second kappa shape index (κ2) is 8.63. The number of hydrogen-bond acceptors (Lipinski definition) is 2. The molecule has 1 heterocycles. The summed E-state index contributed by atoms with van der Waals surface area (Å²) in [5.41, 5.74) is 1.95. The molecule has 1 aromatic heterocycles. The number of fused-ring (bicyclic) bond motifs is 1. The zero-order chi connectivity index (χ0) is 21.0. The molecular formula is C24H21F3N2O. The summed E-state index contributed by atoms with van der Waals surface area (Å²) in [4.78, 5) is 2.95. The number of H-pyrrole nitrogens is 1. The molecule has 0 aliphatic rings. The van der Waals surface area contributed by atoms with Crippen LogP contribution in [-0.4, -0.2) is 11.5 Å². The van der Waals surface area contributed by atoms with Crippen LogP contribution in [0.4, 0.5) is 13.2 Å². The van der Waals surface area contributed by atoms with E-state index in [2.05, 4.69) is 10.3 Å². The Hall–Kier alpha value is -3.25. The van der Waals surface area contributed by atoms with Crippen LogP contribution in [-0.2, 0) is 19.1 Å². The maximum absolute atomic E-state index is 12.8. The number of nitrogens with one attached hydrogen (secondary N) is 2. The Morgan fingerprint density at radius 3 is 2.47 bits per heavy atom. The van der Waals surface area contributed by atoms with E-state index in [1.165, 1.54) is 6.07 Å². The van der Waals surface area contributed by atoms with Crippen LogP contribution in [0.2, 0.25) is 0 Å². The van der Waals surface area contributed by atoms with E-state index in [0.717, 1.165) is 40.1 Å². The van der Waals surface area contributed by atoms with Crippen molar-refractivity contribution in [2.75, 3.05) is 6.54 Å². The molecule has 0 bridgehead atoms. The minimum Gasteiger partial charge on any atom is -0.457 e. The van der Waals surface area contributed by atoms with E-state index in [1.54, 1.807) is 6.20 Å². The summed E-state index contributed by atoms with van der Waals surface area (Å²) >= 11 is 0. The number of halogens is 3. The van der Waals surface area contributed by atoms with Crippen molar-refractivity contribution in [1.29, 1.82) is 0 Å². The van der Waals surface area contributed by atoms with E-state index in [0.29, 0.717) is 25.0 Å². The summed E-state index contributed by atoms with van der Waals surface area (Å²) in [6.07, 6.45) is -1.84. The Morgan fingerprint density at radius 1 is 0.867 bits per heavy atom. The first-order valence-corrected chi connectivity index (χ1v) is 9.69. The van der Waals surface area contributed by atoms with E-state index >= 15 is 0 Å². The van der Waals surface area contributed by atoms with E-state index < -0.39 is 11.7 Å². The minimum atomic E-state index is -4.33. The zero-order valence-electron chi connectivity index (χ0n) is 16.2. The molecule has 0 saturated carbocycles. The van der Waals surface area contributed by atoms with Crippen molar-refractivity contribution in [2.45, 2.75) is 19.1 Å².